The number of ether oxygens (including phenoxy) is 2. The Balaban J connectivity index is 4.23. The van der Waals surface area contributed by atoms with Crippen LogP contribution in [0.5, 0.6) is 0 Å². The van der Waals surface area contributed by atoms with Crippen molar-refractivity contribution < 1.29 is 42.7 Å². The van der Waals surface area contributed by atoms with Crippen LogP contribution in [0.3, 0.4) is 0 Å². The van der Waals surface area contributed by atoms with Crippen LogP contribution in [-0.2, 0) is 32.7 Å². The van der Waals surface area contributed by atoms with Crippen LogP contribution in [0.1, 0.15) is 219 Å². The van der Waals surface area contributed by atoms with Gasteiger partial charge in [-0.15, -0.1) is 0 Å². The average molecular weight is 960 g/mol. The Morgan fingerprint density at radius 3 is 1.24 bits per heavy atom. The van der Waals surface area contributed by atoms with Crippen molar-refractivity contribution in [1.82, 2.24) is 0 Å². The van der Waals surface area contributed by atoms with Gasteiger partial charge in [-0.2, -0.15) is 0 Å². The number of nitrogens with two attached hydrogens (primary N) is 1. The average Bonchev–Trinajstić information content (AvgIpc) is 3.31. The van der Waals surface area contributed by atoms with Crippen LogP contribution < -0.4 is 5.73 Å². The molecule has 0 radical (unpaired) electrons. The first kappa shape index (κ1) is 64.2. The van der Waals surface area contributed by atoms with Gasteiger partial charge in [-0.05, 0) is 64.2 Å². The molecule has 0 aliphatic rings. The number of esters is 1. The van der Waals surface area contributed by atoms with Crippen molar-refractivity contribution in [1.29, 1.82) is 0 Å². The molecular formula is C56H98NO9P. The van der Waals surface area contributed by atoms with Crippen molar-refractivity contribution in [3.8, 4) is 0 Å². The molecule has 4 N–H and O–H groups in total. The normalized spacial score (nSPS) is 14.3. The maximum Gasteiger partial charge on any atom is 0.472 e. The Labute approximate surface area is 409 Å². The summed E-state index contributed by atoms with van der Waals surface area (Å²) in [6.45, 7) is 3.72. The van der Waals surface area contributed by atoms with Crippen LogP contribution in [0.15, 0.2) is 85.1 Å². The molecule has 0 aliphatic carbocycles. The van der Waals surface area contributed by atoms with Crippen LogP contribution >= 0.6 is 7.82 Å². The van der Waals surface area contributed by atoms with Gasteiger partial charge in [0, 0.05) is 13.0 Å². The highest BCUT2D eigenvalue weighted by Crippen LogP contribution is 2.43. The molecule has 386 valence electrons. The van der Waals surface area contributed by atoms with E-state index < -0.39 is 45.1 Å². The van der Waals surface area contributed by atoms with Crippen molar-refractivity contribution in [2.45, 2.75) is 231 Å². The van der Waals surface area contributed by atoms with E-state index in [0.29, 0.717) is 19.4 Å². The molecule has 0 aromatic carbocycles. The smallest absolute Gasteiger partial charge is 0.472 e. The molecule has 67 heavy (non-hydrogen) atoms. The zero-order valence-corrected chi connectivity index (χ0v) is 43.4. The van der Waals surface area contributed by atoms with E-state index in [9.17, 15) is 19.0 Å². The number of carbonyl (C=O) groups is 2. The lowest BCUT2D eigenvalue weighted by atomic mass is 10.0. The van der Waals surface area contributed by atoms with Crippen molar-refractivity contribution in [3.05, 3.63) is 85.1 Å². The van der Waals surface area contributed by atoms with Gasteiger partial charge in [0.05, 0.1) is 19.8 Å². The third kappa shape index (κ3) is 50.8. The number of carboxylic acid groups (broad SMARTS) is 1. The summed E-state index contributed by atoms with van der Waals surface area (Å²) in [6, 6.07) is -1.49. The maximum atomic E-state index is 12.7. The Kier molecular flexibility index (Phi) is 48.8. The maximum absolute atomic E-state index is 12.7. The van der Waals surface area contributed by atoms with Crippen LogP contribution in [-0.4, -0.2) is 60.5 Å². The monoisotopic (exact) mass is 960 g/mol. The first-order valence-corrected chi connectivity index (χ1v) is 28.1. The minimum absolute atomic E-state index is 0.00844. The number of aliphatic carboxylic acids is 1. The van der Waals surface area contributed by atoms with Gasteiger partial charge in [0.2, 0.25) is 0 Å². The van der Waals surface area contributed by atoms with E-state index in [-0.39, 0.29) is 13.0 Å². The molecule has 3 atom stereocenters. The zero-order chi connectivity index (χ0) is 49.0. The molecule has 0 saturated heterocycles. The second-order valence-electron chi connectivity index (χ2n) is 17.6. The van der Waals surface area contributed by atoms with Gasteiger partial charge in [-0.3, -0.25) is 18.6 Å². The van der Waals surface area contributed by atoms with Gasteiger partial charge < -0.3 is 25.2 Å². The third-order valence-electron chi connectivity index (χ3n) is 11.2. The molecule has 0 aromatic rings. The van der Waals surface area contributed by atoms with Gasteiger partial charge in [0.15, 0.2) is 0 Å². The number of carboxylic acids is 1. The SMILES string of the molecule is CC/C=C\C/C=C\C/C=C\C/C=C\C/C=C\C/C=C\C/C=C\CCCC(=O)OC(COCCCCCCCCCCCCCCCCCCCCCCCC)COP(=O)(O)OCC(N)C(=O)O. The van der Waals surface area contributed by atoms with Crippen molar-refractivity contribution >= 4 is 19.8 Å². The summed E-state index contributed by atoms with van der Waals surface area (Å²) >= 11 is 0. The summed E-state index contributed by atoms with van der Waals surface area (Å²) in [5.74, 6) is -1.84. The Bertz CT molecular complexity index is 1390. The molecule has 10 nitrogen and oxygen atoms in total. The molecule has 11 heteroatoms. The zero-order valence-electron chi connectivity index (χ0n) is 42.5. The molecule has 0 saturated carbocycles. The van der Waals surface area contributed by atoms with Crippen molar-refractivity contribution in [2.24, 2.45) is 5.73 Å². The van der Waals surface area contributed by atoms with Gasteiger partial charge in [-0.1, -0.05) is 234 Å². The second-order valence-corrected chi connectivity index (χ2v) is 19.1. The largest absolute Gasteiger partial charge is 0.480 e. The lowest BCUT2D eigenvalue weighted by Crippen LogP contribution is -2.34. The summed E-state index contributed by atoms with van der Waals surface area (Å²) in [7, 11) is -4.64. The summed E-state index contributed by atoms with van der Waals surface area (Å²) < 4.78 is 33.5. The highest BCUT2D eigenvalue weighted by molar-refractivity contribution is 7.47. The van der Waals surface area contributed by atoms with Crippen LogP contribution in [0.25, 0.3) is 0 Å². The summed E-state index contributed by atoms with van der Waals surface area (Å²) in [4.78, 5) is 33.7. The van der Waals surface area contributed by atoms with Crippen molar-refractivity contribution in [3.63, 3.8) is 0 Å². The lowest BCUT2D eigenvalue weighted by Gasteiger charge is -2.20. The van der Waals surface area contributed by atoms with Gasteiger partial charge >= 0.3 is 19.8 Å². The van der Waals surface area contributed by atoms with E-state index in [1.807, 2.05) is 6.08 Å². The van der Waals surface area contributed by atoms with Crippen molar-refractivity contribution in [2.75, 3.05) is 26.4 Å². The van der Waals surface area contributed by atoms with Crippen LogP contribution in [0, 0.1) is 0 Å². The predicted molar refractivity (Wildman–Crippen MR) is 281 cm³/mol. The highest BCUT2D eigenvalue weighted by Gasteiger charge is 2.27. The molecule has 0 bridgehead atoms. The van der Waals surface area contributed by atoms with Crippen LogP contribution in [0.4, 0.5) is 0 Å². The molecule has 0 rings (SSSR count). The minimum atomic E-state index is -4.64. The Morgan fingerprint density at radius 2 is 0.851 bits per heavy atom. The summed E-state index contributed by atoms with van der Waals surface area (Å²) in [6.07, 6.45) is 66.6. The Hall–Kier alpha value is -2.85. The fourth-order valence-corrected chi connectivity index (χ4v) is 7.90. The number of phosphoric acid groups is 1. The number of rotatable bonds is 50. The van der Waals surface area contributed by atoms with Gasteiger partial charge in [0.1, 0.15) is 12.1 Å². The first-order chi connectivity index (χ1) is 32.7. The number of hydrogen-bond acceptors (Lipinski definition) is 8. The van der Waals surface area contributed by atoms with Gasteiger partial charge in [0.25, 0.3) is 0 Å². The number of hydrogen-bond donors (Lipinski definition) is 3. The van der Waals surface area contributed by atoms with E-state index in [1.165, 1.54) is 122 Å². The van der Waals surface area contributed by atoms with E-state index in [1.54, 1.807) is 0 Å². The molecule has 0 fully saturated rings. The fraction of sp³-hybridized carbons (Fsp3) is 0.714. The minimum Gasteiger partial charge on any atom is -0.480 e. The predicted octanol–water partition coefficient (Wildman–Crippen LogP) is 15.9. The standard InChI is InChI=1S/C56H98NO9P/c1-3-5-7-9-11-13-15-17-19-21-23-25-27-28-30-32-34-36-38-40-42-44-46-48-55(58)66-53(51-64-67(61,62)65-52-54(57)56(59)60)50-63-49-47-45-43-41-39-37-35-33-31-29-26-24-22-20-18-16-14-12-10-8-6-4-2/h5,7,11,13,17,19,23,25,28,30,34,36,40,42,53-54H,3-4,6,8-10,12,14-16,18,20-22,24,26-27,29,31-33,35,37-39,41,43-52,57H2,1-2H3,(H,59,60)(H,61,62)/b7-5-,13-11-,19-17-,25-23-,30-28-,36-34-,42-40-. The van der Waals surface area contributed by atoms with E-state index in [4.69, 9.17) is 29.4 Å². The molecule has 3 unspecified atom stereocenters. The number of allylic oxidation sites excluding steroid dienone is 14. The molecule has 0 amide bonds. The number of phosphoric ester groups is 1. The number of unbranched alkanes of at least 4 members (excludes halogenated alkanes) is 22. The molecule has 0 spiro atoms. The topological polar surface area (TPSA) is 155 Å². The quantitative estimate of drug-likeness (QED) is 0.0232. The van der Waals surface area contributed by atoms with E-state index in [2.05, 4.69) is 92.8 Å². The van der Waals surface area contributed by atoms with E-state index in [0.717, 1.165) is 64.2 Å². The Morgan fingerprint density at radius 1 is 0.493 bits per heavy atom. The number of carbonyl (C=O) groups excluding carboxylic acids is 1. The van der Waals surface area contributed by atoms with Gasteiger partial charge in [-0.25, -0.2) is 4.57 Å². The molecule has 0 heterocycles. The molecule has 0 aliphatic heterocycles. The lowest BCUT2D eigenvalue weighted by molar-refractivity contribution is -0.154. The first-order valence-electron chi connectivity index (χ1n) is 26.6. The van der Waals surface area contributed by atoms with E-state index >= 15 is 0 Å². The summed E-state index contributed by atoms with van der Waals surface area (Å²) in [5.41, 5.74) is 5.37. The fourth-order valence-electron chi connectivity index (χ4n) is 7.12. The summed E-state index contributed by atoms with van der Waals surface area (Å²) in [5, 5.41) is 8.94. The highest BCUT2D eigenvalue weighted by atomic mass is 31.2. The third-order valence-corrected chi connectivity index (χ3v) is 12.1. The molecular weight excluding hydrogens is 862 g/mol. The second kappa shape index (κ2) is 51.0. The molecule has 0 aromatic heterocycles. The van der Waals surface area contributed by atoms with Crippen LogP contribution in [0.2, 0.25) is 0 Å².